The maximum atomic E-state index is 13.4. The van der Waals surface area contributed by atoms with Crippen molar-refractivity contribution in [3.05, 3.63) is 83.9 Å². The first kappa shape index (κ1) is 17.6. The number of hydrogen-bond acceptors (Lipinski definition) is 4. The number of rotatable bonds is 4. The molecule has 28 heavy (non-hydrogen) atoms. The van der Waals surface area contributed by atoms with Crippen molar-refractivity contribution < 1.29 is 13.9 Å². The number of fused-ring (bicyclic) bond motifs is 1. The van der Waals surface area contributed by atoms with Crippen molar-refractivity contribution in [1.82, 2.24) is 9.97 Å². The van der Waals surface area contributed by atoms with Crippen LogP contribution in [0.15, 0.2) is 67.0 Å². The fourth-order valence-electron chi connectivity index (χ4n) is 3.01. The Kier molecular flexibility index (Phi) is 4.45. The molecule has 0 atom stereocenters. The number of hydrogen-bond donors (Lipinski definition) is 1. The molecule has 0 bridgehead atoms. The maximum Gasteiger partial charge on any atom is 0.248 e. The van der Waals surface area contributed by atoms with E-state index in [1.165, 1.54) is 12.1 Å². The first-order valence-electron chi connectivity index (χ1n) is 8.60. The molecule has 2 heterocycles. The van der Waals surface area contributed by atoms with E-state index in [2.05, 4.69) is 9.97 Å². The predicted octanol–water partition coefficient (Wildman–Crippen LogP) is 4.64. The van der Waals surface area contributed by atoms with Crippen LogP contribution in [0.25, 0.3) is 22.2 Å². The molecular formula is C22H16FN3O2. The Morgan fingerprint density at radius 3 is 2.64 bits per heavy atom. The standard InChI is InChI=1S/C22H16FN3O2/c1-13-8-14(2-4-19(13)22(24)27)21-11-17(6-7-25-21)28-18-10-15-9-16(23)3-5-20(15)26-12-18/h2-12H,1H3,(H2,24,27). The normalized spacial score (nSPS) is 10.8. The molecule has 0 fully saturated rings. The SMILES string of the molecule is Cc1cc(-c2cc(Oc3cnc4ccc(F)cc4c3)ccn2)ccc1C(N)=O. The van der Waals surface area contributed by atoms with Crippen LogP contribution in [0.4, 0.5) is 4.39 Å². The van der Waals surface area contributed by atoms with Crippen LogP contribution in [-0.4, -0.2) is 15.9 Å². The van der Waals surface area contributed by atoms with Crippen LogP contribution in [0, 0.1) is 12.7 Å². The number of primary amides is 1. The highest BCUT2D eigenvalue weighted by Gasteiger charge is 2.09. The van der Waals surface area contributed by atoms with Crippen LogP contribution < -0.4 is 10.5 Å². The molecule has 1 amide bonds. The van der Waals surface area contributed by atoms with E-state index in [4.69, 9.17) is 10.5 Å². The molecule has 0 aliphatic rings. The first-order chi connectivity index (χ1) is 13.5. The summed E-state index contributed by atoms with van der Waals surface area (Å²) in [5.74, 6) is 0.274. The average molecular weight is 373 g/mol. The van der Waals surface area contributed by atoms with Gasteiger partial charge in [-0.1, -0.05) is 6.07 Å². The van der Waals surface area contributed by atoms with Crippen LogP contribution in [0.5, 0.6) is 11.5 Å². The second kappa shape index (κ2) is 7.08. The lowest BCUT2D eigenvalue weighted by Crippen LogP contribution is -2.12. The number of carbonyl (C=O) groups is 1. The molecule has 4 rings (SSSR count). The lowest BCUT2D eigenvalue weighted by molar-refractivity contribution is 0.0999. The molecule has 2 N–H and O–H groups in total. The molecule has 138 valence electrons. The molecule has 0 radical (unpaired) electrons. The van der Waals surface area contributed by atoms with Crippen molar-refractivity contribution >= 4 is 16.8 Å². The van der Waals surface area contributed by atoms with Gasteiger partial charge in [0.05, 0.1) is 17.4 Å². The van der Waals surface area contributed by atoms with Crippen molar-refractivity contribution in [2.24, 2.45) is 5.73 Å². The molecule has 0 unspecified atom stereocenters. The lowest BCUT2D eigenvalue weighted by atomic mass is 10.0. The molecule has 6 heteroatoms. The molecule has 0 aliphatic carbocycles. The minimum absolute atomic E-state index is 0.326. The van der Waals surface area contributed by atoms with Crippen LogP contribution in [0.1, 0.15) is 15.9 Å². The van der Waals surface area contributed by atoms with Gasteiger partial charge >= 0.3 is 0 Å². The summed E-state index contributed by atoms with van der Waals surface area (Å²) in [6.07, 6.45) is 3.22. The van der Waals surface area contributed by atoms with Crippen molar-refractivity contribution in [2.75, 3.05) is 0 Å². The first-order valence-corrected chi connectivity index (χ1v) is 8.60. The molecule has 0 saturated heterocycles. The van der Waals surface area contributed by atoms with Crippen molar-refractivity contribution in [2.45, 2.75) is 6.92 Å². The van der Waals surface area contributed by atoms with E-state index in [0.717, 1.165) is 11.1 Å². The highest BCUT2D eigenvalue weighted by atomic mass is 19.1. The van der Waals surface area contributed by atoms with E-state index in [0.29, 0.717) is 33.7 Å². The molecule has 2 aromatic carbocycles. The van der Waals surface area contributed by atoms with E-state index in [-0.39, 0.29) is 5.82 Å². The van der Waals surface area contributed by atoms with E-state index >= 15 is 0 Å². The van der Waals surface area contributed by atoms with Crippen LogP contribution in [-0.2, 0) is 0 Å². The van der Waals surface area contributed by atoms with Gasteiger partial charge in [0.25, 0.3) is 0 Å². The zero-order valence-electron chi connectivity index (χ0n) is 15.0. The van der Waals surface area contributed by atoms with Gasteiger partial charge in [-0.15, -0.1) is 0 Å². The largest absolute Gasteiger partial charge is 0.456 e. The Morgan fingerprint density at radius 2 is 1.86 bits per heavy atom. The predicted molar refractivity (Wildman–Crippen MR) is 105 cm³/mol. The second-order valence-electron chi connectivity index (χ2n) is 6.38. The highest BCUT2D eigenvalue weighted by molar-refractivity contribution is 5.94. The number of benzene rings is 2. The number of ether oxygens (including phenoxy) is 1. The zero-order valence-corrected chi connectivity index (χ0v) is 15.0. The van der Waals surface area contributed by atoms with Gasteiger partial charge in [-0.3, -0.25) is 14.8 Å². The molecular weight excluding hydrogens is 357 g/mol. The number of pyridine rings is 2. The van der Waals surface area contributed by atoms with E-state index in [1.54, 1.807) is 48.8 Å². The summed E-state index contributed by atoms with van der Waals surface area (Å²) in [4.78, 5) is 20.1. The van der Waals surface area contributed by atoms with Gasteiger partial charge in [0.2, 0.25) is 5.91 Å². The Bertz CT molecular complexity index is 1210. The molecule has 4 aromatic rings. The molecule has 0 spiro atoms. The monoisotopic (exact) mass is 373 g/mol. The maximum absolute atomic E-state index is 13.4. The van der Waals surface area contributed by atoms with Gasteiger partial charge in [0, 0.05) is 28.8 Å². The van der Waals surface area contributed by atoms with Gasteiger partial charge in [-0.2, -0.15) is 0 Å². The van der Waals surface area contributed by atoms with Gasteiger partial charge in [0.1, 0.15) is 17.3 Å². The van der Waals surface area contributed by atoms with Crippen LogP contribution >= 0.6 is 0 Å². The van der Waals surface area contributed by atoms with Crippen molar-refractivity contribution in [3.63, 3.8) is 0 Å². The summed E-state index contributed by atoms with van der Waals surface area (Å²) in [7, 11) is 0. The lowest BCUT2D eigenvalue weighted by Gasteiger charge is -2.09. The second-order valence-corrected chi connectivity index (χ2v) is 6.38. The molecule has 0 saturated carbocycles. The fourth-order valence-corrected chi connectivity index (χ4v) is 3.01. The number of amides is 1. The topological polar surface area (TPSA) is 78.1 Å². The molecule has 2 aromatic heterocycles. The van der Waals surface area contributed by atoms with E-state index in [9.17, 15) is 9.18 Å². The number of aromatic nitrogens is 2. The summed E-state index contributed by atoms with van der Waals surface area (Å²) in [6, 6.07) is 15.0. The highest BCUT2D eigenvalue weighted by Crippen LogP contribution is 2.28. The van der Waals surface area contributed by atoms with E-state index in [1.807, 2.05) is 13.0 Å². The van der Waals surface area contributed by atoms with Crippen LogP contribution in [0.2, 0.25) is 0 Å². The Morgan fingerprint density at radius 1 is 1.00 bits per heavy atom. The average Bonchev–Trinajstić information content (AvgIpc) is 2.67. The number of halogens is 1. The van der Waals surface area contributed by atoms with Gasteiger partial charge in [-0.05, 0) is 55.0 Å². The fraction of sp³-hybridized carbons (Fsp3) is 0.0455. The third-order valence-corrected chi connectivity index (χ3v) is 4.37. The summed E-state index contributed by atoms with van der Waals surface area (Å²) < 4.78 is 19.3. The number of nitrogens with zero attached hydrogens (tertiary/aromatic N) is 2. The third kappa shape index (κ3) is 3.53. The van der Waals surface area contributed by atoms with Crippen LogP contribution in [0.3, 0.4) is 0 Å². The number of aryl methyl sites for hydroxylation is 1. The number of carbonyl (C=O) groups excluding carboxylic acids is 1. The Labute approximate surface area is 160 Å². The summed E-state index contributed by atoms with van der Waals surface area (Å²) in [5, 5.41) is 0.657. The smallest absolute Gasteiger partial charge is 0.248 e. The zero-order chi connectivity index (χ0) is 19.7. The minimum Gasteiger partial charge on any atom is -0.456 e. The van der Waals surface area contributed by atoms with Gasteiger partial charge in [0.15, 0.2) is 0 Å². The number of nitrogens with two attached hydrogens (primary N) is 1. The quantitative estimate of drug-likeness (QED) is 0.565. The van der Waals surface area contributed by atoms with E-state index < -0.39 is 5.91 Å². The molecule has 0 aliphatic heterocycles. The summed E-state index contributed by atoms with van der Waals surface area (Å²) in [5.41, 5.74) is 8.83. The summed E-state index contributed by atoms with van der Waals surface area (Å²) >= 11 is 0. The van der Waals surface area contributed by atoms with Gasteiger partial charge in [-0.25, -0.2) is 4.39 Å². The van der Waals surface area contributed by atoms with Gasteiger partial charge < -0.3 is 10.5 Å². The molecule has 5 nitrogen and oxygen atoms in total. The Balaban J connectivity index is 1.64. The Hall–Kier alpha value is -3.80. The third-order valence-electron chi connectivity index (χ3n) is 4.37. The van der Waals surface area contributed by atoms with Crippen molar-refractivity contribution in [3.8, 4) is 22.8 Å². The summed E-state index contributed by atoms with van der Waals surface area (Å²) in [6.45, 7) is 1.82. The van der Waals surface area contributed by atoms with Crippen molar-refractivity contribution in [1.29, 1.82) is 0 Å². The minimum atomic E-state index is -0.464.